The minimum atomic E-state index is -1.09. The lowest BCUT2D eigenvalue weighted by Gasteiger charge is -2.05. The van der Waals surface area contributed by atoms with E-state index in [1.807, 2.05) is 0 Å². The molecule has 18 heavy (non-hydrogen) atoms. The second kappa shape index (κ2) is 4.40. The summed E-state index contributed by atoms with van der Waals surface area (Å²) in [6.45, 7) is 0. The van der Waals surface area contributed by atoms with Crippen molar-refractivity contribution in [3.63, 3.8) is 0 Å². The van der Waals surface area contributed by atoms with Gasteiger partial charge in [0.25, 0.3) is 5.91 Å². The number of hydrogen-bond acceptors (Lipinski definition) is 3. The molecule has 0 aliphatic rings. The topological polar surface area (TPSA) is 80.6 Å². The maximum Gasteiger partial charge on any atom is 0.356 e. The van der Waals surface area contributed by atoms with Crippen molar-refractivity contribution in [2.24, 2.45) is 0 Å². The molecular weight excluding hydrogens is 236 g/mol. The molecule has 0 saturated carbocycles. The molecule has 0 fully saturated rings. The number of rotatable bonds is 3. The Morgan fingerprint density at radius 2 is 2.06 bits per heavy atom. The number of nitrogens with one attached hydrogen (secondary N) is 1. The highest BCUT2D eigenvalue weighted by Crippen LogP contribution is 2.20. The number of fused-ring (bicyclic) bond motifs is 1. The average molecular weight is 248 g/mol. The number of aromatic nitrogens is 1. The summed E-state index contributed by atoms with van der Waals surface area (Å²) in [6, 6.07) is 6.35. The van der Waals surface area contributed by atoms with Gasteiger partial charge in [-0.3, -0.25) is 4.79 Å². The first kappa shape index (κ1) is 12.0. The third-order valence-corrected chi connectivity index (χ3v) is 2.65. The highest BCUT2D eigenvalue weighted by molar-refractivity contribution is 6.00. The van der Waals surface area contributed by atoms with Crippen molar-refractivity contribution in [3.8, 4) is 0 Å². The van der Waals surface area contributed by atoms with Crippen LogP contribution < -0.4 is 10.2 Å². The SMILES string of the molecule is CNC(=O)c1ccc2c(c1)cc(C(=O)O)n2OC. The number of aromatic carboxylic acids is 1. The monoisotopic (exact) mass is 248 g/mol. The van der Waals surface area contributed by atoms with E-state index in [9.17, 15) is 9.59 Å². The molecule has 0 radical (unpaired) electrons. The second-order valence-electron chi connectivity index (χ2n) is 3.66. The van der Waals surface area contributed by atoms with Gasteiger partial charge in [-0.05, 0) is 24.3 Å². The van der Waals surface area contributed by atoms with Crippen LogP contribution in [0.4, 0.5) is 0 Å². The lowest BCUT2D eigenvalue weighted by Crippen LogP contribution is -2.17. The van der Waals surface area contributed by atoms with Crippen LogP contribution in [0.2, 0.25) is 0 Å². The minimum absolute atomic E-state index is 0.0153. The number of carboxylic acid groups (broad SMARTS) is 1. The molecule has 0 aliphatic heterocycles. The van der Waals surface area contributed by atoms with Crippen molar-refractivity contribution in [1.29, 1.82) is 0 Å². The number of carbonyl (C=O) groups is 2. The molecule has 6 heteroatoms. The summed E-state index contributed by atoms with van der Waals surface area (Å²) in [4.78, 5) is 27.6. The normalized spacial score (nSPS) is 10.3. The summed E-state index contributed by atoms with van der Waals surface area (Å²) in [5.74, 6) is -1.31. The molecule has 1 aromatic carbocycles. The lowest BCUT2D eigenvalue weighted by atomic mass is 10.1. The van der Waals surface area contributed by atoms with Crippen LogP contribution in [0.1, 0.15) is 20.8 Å². The van der Waals surface area contributed by atoms with Gasteiger partial charge in [0.05, 0.1) is 5.52 Å². The van der Waals surface area contributed by atoms with Crippen LogP contribution in [0.15, 0.2) is 24.3 Å². The molecule has 2 rings (SSSR count). The first-order chi connectivity index (χ1) is 8.58. The Balaban J connectivity index is 2.65. The average Bonchev–Trinajstić information content (AvgIpc) is 2.75. The molecule has 94 valence electrons. The fraction of sp³-hybridized carbons (Fsp3) is 0.167. The predicted octanol–water partition coefficient (Wildman–Crippen LogP) is 0.757. The van der Waals surface area contributed by atoms with Crippen LogP contribution in [0.5, 0.6) is 0 Å². The van der Waals surface area contributed by atoms with E-state index >= 15 is 0 Å². The number of amides is 1. The second-order valence-corrected chi connectivity index (χ2v) is 3.66. The van der Waals surface area contributed by atoms with Gasteiger partial charge < -0.3 is 15.3 Å². The Kier molecular flexibility index (Phi) is 2.93. The third-order valence-electron chi connectivity index (χ3n) is 2.65. The van der Waals surface area contributed by atoms with Gasteiger partial charge in [0.15, 0.2) is 5.69 Å². The van der Waals surface area contributed by atoms with Crippen LogP contribution >= 0.6 is 0 Å². The summed E-state index contributed by atoms with van der Waals surface area (Å²) in [6.07, 6.45) is 0. The van der Waals surface area contributed by atoms with E-state index in [0.29, 0.717) is 16.5 Å². The Hall–Kier alpha value is -2.50. The van der Waals surface area contributed by atoms with Gasteiger partial charge in [-0.15, -0.1) is 0 Å². The van der Waals surface area contributed by atoms with Crippen molar-refractivity contribution >= 4 is 22.8 Å². The summed E-state index contributed by atoms with van der Waals surface area (Å²) in [7, 11) is 2.92. The number of carbonyl (C=O) groups excluding carboxylic acids is 1. The zero-order valence-electron chi connectivity index (χ0n) is 9.93. The largest absolute Gasteiger partial charge is 0.476 e. The summed E-state index contributed by atoms with van der Waals surface area (Å²) < 4.78 is 1.21. The summed E-state index contributed by atoms with van der Waals surface area (Å²) >= 11 is 0. The quantitative estimate of drug-likeness (QED) is 0.840. The lowest BCUT2D eigenvalue weighted by molar-refractivity contribution is 0.0645. The van der Waals surface area contributed by atoms with E-state index < -0.39 is 5.97 Å². The molecule has 0 atom stereocenters. The number of nitrogens with zero attached hydrogens (tertiary/aromatic N) is 1. The van der Waals surface area contributed by atoms with Gasteiger partial charge in [-0.2, -0.15) is 4.73 Å². The molecule has 2 aromatic rings. The molecular formula is C12H12N2O4. The smallest absolute Gasteiger partial charge is 0.356 e. The van der Waals surface area contributed by atoms with Crippen molar-refractivity contribution in [2.75, 3.05) is 14.2 Å². The Morgan fingerprint density at radius 3 is 2.61 bits per heavy atom. The molecule has 6 nitrogen and oxygen atoms in total. The highest BCUT2D eigenvalue weighted by Gasteiger charge is 2.16. The van der Waals surface area contributed by atoms with Gasteiger partial charge in [-0.25, -0.2) is 4.79 Å². The van der Waals surface area contributed by atoms with Gasteiger partial charge in [0.2, 0.25) is 0 Å². The van der Waals surface area contributed by atoms with Crippen LogP contribution in [0.25, 0.3) is 10.9 Å². The van der Waals surface area contributed by atoms with E-state index in [4.69, 9.17) is 9.94 Å². The Morgan fingerprint density at radius 1 is 1.33 bits per heavy atom. The molecule has 0 saturated heterocycles. The van der Waals surface area contributed by atoms with Crippen LogP contribution in [0.3, 0.4) is 0 Å². The number of benzene rings is 1. The zero-order valence-corrected chi connectivity index (χ0v) is 9.93. The molecule has 2 N–H and O–H groups in total. The first-order valence-electron chi connectivity index (χ1n) is 5.24. The van der Waals surface area contributed by atoms with Crippen molar-refractivity contribution < 1.29 is 19.5 Å². The highest BCUT2D eigenvalue weighted by atomic mass is 16.6. The fourth-order valence-corrected chi connectivity index (χ4v) is 1.82. The van der Waals surface area contributed by atoms with Gasteiger partial charge in [0.1, 0.15) is 7.11 Å². The molecule has 0 spiro atoms. The standard InChI is InChI=1S/C12H12N2O4/c1-13-11(15)7-3-4-9-8(5-7)6-10(12(16)17)14(9)18-2/h3-6H,1-2H3,(H,13,15)(H,16,17). The maximum atomic E-state index is 11.5. The van der Waals surface area contributed by atoms with E-state index in [-0.39, 0.29) is 11.6 Å². The Labute approximate surface area is 103 Å². The van der Waals surface area contributed by atoms with Crippen molar-refractivity contribution in [3.05, 3.63) is 35.5 Å². The molecule has 1 amide bonds. The van der Waals surface area contributed by atoms with Gasteiger partial charge >= 0.3 is 5.97 Å². The van der Waals surface area contributed by atoms with E-state index in [1.165, 1.54) is 25.0 Å². The van der Waals surface area contributed by atoms with E-state index in [1.54, 1.807) is 18.2 Å². The number of carboxylic acids is 1. The van der Waals surface area contributed by atoms with Gasteiger partial charge in [-0.1, -0.05) is 0 Å². The summed E-state index contributed by atoms with van der Waals surface area (Å²) in [5.41, 5.74) is 1.08. The molecule has 1 aromatic heterocycles. The Bertz CT molecular complexity index is 630. The van der Waals surface area contributed by atoms with E-state index in [0.717, 1.165) is 0 Å². The van der Waals surface area contributed by atoms with Gasteiger partial charge in [0, 0.05) is 18.0 Å². The summed E-state index contributed by atoms with van der Waals surface area (Å²) in [5, 5.41) is 12.2. The minimum Gasteiger partial charge on any atom is -0.476 e. The first-order valence-corrected chi connectivity index (χ1v) is 5.24. The number of hydrogen-bond donors (Lipinski definition) is 2. The van der Waals surface area contributed by atoms with E-state index in [2.05, 4.69) is 5.32 Å². The predicted molar refractivity (Wildman–Crippen MR) is 64.8 cm³/mol. The van der Waals surface area contributed by atoms with Crippen molar-refractivity contribution in [2.45, 2.75) is 0 Å². The van der Waals surface area contributed by atoms with Crippen molar-refractivity contribution in [1.82, 2.24) is 10.0 Å². The molecule has 0 bridgehead atoms. The molecule has 1 heterocycles. The van der Waals surface area contributed by atoms with Crippen LogP contribution in [-0.4, -0.2) is 35.9 Å². The van der Waals surface area contributed by atoms with Crippen LogP contribution in [0, 0.1) is 0 Å². The fourth-order valence-electron chi connectivity index (χ4n) is 1.82. The zero-order chi connectivity index (χ0) is 13.3. The maximum absolute atomic E-state index is 11.5. The molecule has 0 aliphatic carbocycles. The third kappa shape index (κ3) is 1.77. The molecule has 0 unspecified atom stereocenters. The van der Waals surface area contributed by atoms with Crippen LogP contribution in [-0.2, 0) is 0 Å².